The van der Waals surface area contributed by atoms with Gasteiger partial charge in [-0.05, 0) is 61.7 Å². The van der Waals surface area contributed by atoms with Gasteiger partial charge in [0.05, 0.1) is 12.6 Å². The van der Waals surface area contributed by atoms with Gasteiger partial charge in [-0.1, -0.05) is 6.07 Å². The number of halogens is 1. The Morgan fingerprint density at radius 1 is 1.11 bits per heavy atom. The van der Waals surface area contributed by atoms with Crippen LogP contribution in [0.25, 0.3) is 10.9 Å². The van der Waals surface area contributed by atoms with Gasteiger partial charge in [0.2, 0.25) is 0 Å². The van der Waals surface area contributed by atoms with Gasteiger partial charge in [0.25, 0.3) is 5.91 Å². The number of hydrogen-bond acceptors (Lipinski definition) is 3. The number of methoxy groups -OCH3 is 1. The third kappa shape index (κ3) is 4.22. The molecule has 0 saturated heterocycles. The molecule has 1 heterocycles. The SMILES string of the molecule is COc1ccc(OCC(=O)NCCc2c(C)[nH]c3c(F)ccc(C)c23)cc1. The van der Waals surface area contributed by atoms with Gasteiger partial charge in [-0.2, -0.15) is 0 Å². The lowest BCUT2D eigenvalue weighted by Gasteiger charge is -2.09. The molecule has 5 nitrogen and oxygen atoms in total. The Labute approximate surface area is 157 Å². The van der Waals surface area contributed by atoms with Crippen LogP contribution >= 0.6 is 0 Å². The molecule has 0 unspecified atom stereocenters. The molecule has 0 bridgehead atoms. The van der Waals surface area contributed by atoms with Gasteiger partial charge < -0.3 is 19.8 Å². The minimum atomic E-state index is -0.262. The topological polar surface area (TPSA) is 63.4 Å². The first kappa shape index (κ1) is 18.8. The number of nitrogens with one attached hydrogen (secondary N) is 2. The summed E-state index contributed by atoms with van der Waals surface area (Å²) in [7, 11) is 1.59. The van der Waals surface area contributed by atoms with Gasteiger partial charge in [-0.3, -0.25) is 4.79 Å². The highest BCUT2D eigenvalue weighted by atomic mass is 19.1. The number of amides is 1. The first-order valence-electron chi connectivity index (χ1n) is 8.79. The number of carbonyl (C=O) groups excluding carboxylic acids is 1. The smallest absolute Gasteiger partial charge is 0.257 e. The lowest BCUT2D eigenvalue weighted by molar-refractivity contribution is -0.123. The molecule has 0 spiro atoms. The Balaban J connectivity index is 1.55. The summed E-state index contributed by atoms with van der Waals surface area (Å²) >= 11 is 0. The van der Waals surface area contributed by atoms with Crippen molar-refractivity contribution < 1.29 is 18.7 Å². The van der Waals surface area contributed by atoms with Crippen molar-refractivity contribution in [1.82, 2.24) is 10.3 Å². The number of aromatic amines is 1. The Morgan fingerprint density at radius 3 is 2.52 bits per heavy atom. The van der Waals surface area contributed by atoms with Crippen molar-refractivity contribution in [2.75, 3.05) is 20.3 Å². The fraction of sp³-hybridized carbons (Fsp3) is 0.286. The summed E-state index contributed by atoms with van der Waals surface area (Å²) in [5.74, 6) is 0.866. The highest BCUT2D eigenvalue weighted by Crippen LogP contribution is 2.27. The van der Waals surface area contributed by atoms with Gasteiger partial charge in [-0.15, -0.1) is 0 Å². The minimum Gasteiger partial charge on any atom is -0.497 e. The van der Waals surface area contributed by atoms with E-state index >= 15 is 0 Å². The van der Waals surface area contributed by atoms with Crippen LogP contribution in [0.4, 0.5) is 4.39 Å². The highest BCUT2D eigenvalue weighted by molar-refractivity contribution is 5.88. The quantitative estimate of drug-likeness (QED) is 0.667. The molecular formula is C21H23FN2O3. The fourth-order valence-electron chi connectivity index (χ4n) is 3.15. The number of aryl methyl sites for hydroxylation is 2. The lowest BCUT2D eigenvalue weighted by Crippen LogP contribution is -2.30. The van der Waals surface area contributed by atoms with Crippen molar-refractivity contribution in [2.45, 2.75) is 20.3 Å². The second-order valence-electron chi connectivity index (χ2n) is 6.41. The molecule has 0 atom stereocenters. The molecular weight excluding hydrogens is 347 g/mol. The van der Waals surface area contributed by atoms with Crippen molar-refractivity contribution in [1.29, 1.82) is 0 Å². The van der Waals surface area contributed by atoms with E-state index in [-0.39, 0.29) is 18.3 Å². The summed E-state index contributed by atoms with van der Waals surface area (Å²) in [5, 5.41) is 3.74. The molecule has 2 N–H and O–H groups in total. The highest BCUT2D eigenvalue weighted by Gasteiger charge is 2.14. The van der Waals surface area contributed by atoms with Crippen molar-refractivity contribution in [3.8, 4) is 11.5 Å². The van der Waals surface area contributed by atoms with Crippen LogP contribution in [0.3, 0.4) is 0 Å². The number of carbonyl (C=O) groups is 1. The van der Waals surface area contributed by atoms with Crippen molar-refractivity contribution in [3.05, 3.63) is 59.0 Å². The molecule has 3 rings (SSSR count). The fourth-order valence-corrected chi connectivity index (χ4v) is 3.15. The van der Waals surface area contributed by atoms with Gasteiger partial charge in [-0.25, -0.2) is 4.39 Å². The molecule has 2 aromatic carbocycles. The molecule has 142 valence electrons. The van der Waals surface area contributed by atoms with Crippen LogP contribution in [0.15, 0.2) is 36.4 Å². The molecule has 0 aliphatic heterocycles. The van der Waals surface area contributed by atoms with E-state index in [2.05, 4.69) is 10.3 Å². The van der Waals surface area contributed by atoms with Crippen LogP contribution in [0.1, 0.15) is 16.8 Å². The summed E-state index contributed by atoms with van der Waals surface area (Å²) < 4.78 is 24.5. The van der Waals surface area contributed by atoms with Gasteiger partial charge in [0, 0.05) is 17.6 Å². The van der Waals surface area contributed by atoms with E-state index in [1.54, 1.807) is 37.4 Å². The Bertz CT molecular complexity index is 948. The number of rotatable bonds is 7. The van der Waals surface area contributed by atoms with Crippen LogP contribution in [-0.4, -0.2) is 31.2 Å². The maximum absolute atomic E-state index is 14.0. The third-order valence-electron chi connectivity index (χ3n) is 4.56. The molecule has 0 fully saturated rings. The summed E-state index contributed by atoms with van der Waals surface area (Å²) in [6.07, 6.45) is 0.615. The molecule has 0 aliphatic carbocycles. The average Bonchev–Trinajstić information content (AvgIpc) is 3.01. The molecule has 0 aliphatic rings. The normalized spacial score (nSPS) is 10.8. The van der Waals surface area contributed by atoms with E-state index in [0.29, 0.717) is 24.2 Å². The van der Waals surface area contributed by atoms with Crippen LogP contribution in [0.5, 0.6) is 11.5 Å². The van der Waals surface area contributed by atoms with Crippen molar-refractivity contribution >= 4 is 16.8 Å². The van der Waals surface area contributed by atoms with E-state index in [0.717, 1.165) is 28.0 Å². The van der Waals surface area contributed by atoms with Gasteiger partial charge in [0.15, 0.2) is 6.61 Å². The standard InChI is InChI=1S/C21H23FN2O3/c1-13-4-9-18(22)21-20(13)17(14(2)24-21)10-11-23-19(25)12-27-16-7-5-15(26-3)6-8-16/h4-9,24H,10-12H2,1-3H3,(H,23,25). The van der Waals surface area contributed by atoms with E-state index in [1.165, 1.54) is 6.07 Å². The summed E-state index contributed by atoms with van der Waals surface area (Å²) in [4.78, 5) is 15.1. The first-order chi connectivity index (χ1) is 13.0. The second kappa shape index (κ2) is 8.12. The number of fused-ring (bicyclic) bond motifs is 1. The van der Waals surface area contributed by atoms with E-state index in [4.69, 9.17) is 9.47 Å². The van der Waals surface area contributed by atoms with E-state index in [9.17, 15) is 9.18 Å². The number of H-pyrrole nitrogens is 1. The van der Waals surface area contributed by atoms with Gasteiger partial charge >= 0.3 is 0 Å². The van der Waals surface area contributed by atoms with Crippen molar-refractivity contribution in [3.63, 3.8) is 0 Å². The first-order valence-corrected chi connectivity index (χ1v) is 8.79. The largest absolute Gasteiger partial charge is 0.497 e. The summed E-state index contributed by atoms with van der Waals surface area (Å²) in [6, 6.07) is 10.3. The third-order valence-corrected chi connectivity index (χ3v) is 4.56. The zero-order valence-corrected chi connectivity index (χ0v) is 15.7. The minimum absolute atomic E-state index is 0.0626. The Hall–Kier alpha value is -3.02. The number of ether oxygens (including phenoxy) is 2. The second-order valence-corrected chi connectivity index (χ2v) is 6.41. The van der Waals surface area contributed by atoms with Crippen molar-refractivity contribution in [2.24, 2.45) is 0 Å². The molecule has 1 aromatic heterocycles. The molecule has 3 aromatic rings. The van der Waals surface area contributed by atoms with E-state index in [1.807, 2.05) is 13.8 Å². The molecule has 0 saturated carbocycles. The van der Waals surface area contributed by atoms with Crippen LogP contribution in [0, 0.1) is 19.7 Å². The maximum atomic E-state index is 14.0. The van der Waals surface area contributed by atoms with E-state index < -0.39 is 0 Å². The summed E-state index contributed by atoms with van der Waals surface area (Å²) in [5.41, 5.74) is 3.48. The monoisotopic (exact) mass is 370 g/mol. The molecule has 27 heavy (non-hydrogen) atoms. The number of aromatic nitrogens is 1. The zero-order chi connectivity index (χ0) is 19.4. The Kier molecular flexibility index (Phi) is 5.64. The maximum Gasteiger partial charge on any atom is 0.257 e. The zero-order valence-electron chi connectivity index (χ0n) is 15.7. The average molecular weight is 370 g/mol. The summed E-state index contributed by atoms with van der Waals surface area (Å²) in [6.45, 7) is 4.27. The van der Waals surface area contributed by atoms with Crippen LogP contribution < -0.4 is 14.8 Å². The molecule has 1 amide bonds. The Morgan fingerprint density at radius 2 is 1.81 bits per heavy atom. The number of benzene rings is 2. The predicted molar refractivity (Wildman–Crippen MR) is 103 cm³/mol. The molecule has 6 heteroatoms. The van der Waals surface area contributed by atoms with Crippen LogP contribution in [-0.2, 0) is 11.2 Å². The lowest BCUT2D eigenvalue weighted by atomic mass is 10.0. The van der Waals surface area contributed by atoms with Crippen LogP contribution in [0.2, 0.25) is 0 Å². The predicted octanol–water partition coefficient (Wildman–Crippen LogP) is 3.67. The van der Waals surface area contributed by atoms with Gasteiger partial charge in [0.1, 0.15) is 17.3 Å². The molecule has 0 radical (unpaired) electrons. The number of hydrogen-bond donors (Lipinski definition) is 2.